The summed E-state index contributed by atoms with van der Waals surface area (Å²) in [5, 5.41) is 98.8. The monoisotopic (exact) mass is 1270 g/mol. The number of Topliss-reactive ketones (excluding diaryl/α,β-unsaturated/α-hetero) is 2. The molecule has 5 aromatic carbocycles. The topological polar surface area (TPSA) is 249 Å². The van der Waals surface area contributed by atoms with Gasteiger partial charge in [-0.15, -0.1) is 0 Å². The molecular formula is C79H93N5O10. The maximum absolute atomic E-state index is 15.8. The summed E-state index contributed by atoms with van der Waals surface area (Å²) in [6, 6.07) is 31.0. The Labute approximate surface area is 552 Å². The van der Waals surface area contributed by atoms with Crippen molar-refractivity contribution in [2.45, 2.75) is 127 Å². The number of fused-ring (bicyclic) bond motifs is 15. The number of benzene rings is 5. The van der Waals surface area contributed by atoms with E-state index in [1.54, 1.807) is 18.2 Å². The number of phenols is 3. The highest BCUT2D eigenvalue weighted by atomic mass is 16.5. The van der Waals surface area contributed by atoms with Crippen LogP contribution >= 0.6 is 0 Å². The molecule has 0 amide bonds. The predicted molar refractivity (Wildman–Crippen MR) is 366 cm³/mol. The van der Waals surface area contributed by atoms with E-state index in [4.69, 9.17) is 4.74 Å². The first kappa shape index (κ1) is 66.2. The second-order valence-corrected chi connectivity index (χ2v) is 27.9. The Morgan fingerprint density at radius 2 is 1.59 bits per heavy atom. The maximum atomic E-state index is 15.8. The van der Waals surface area contributed by atoms with E-state index in [2.05, 4.69) is 94.1 Å². The second kappa shape index (κ2) is 29.4. The number of β-amino-alcohol motifs (C(OH)–C–C–N with tert-alkyl or cyclic N) is 1. The molecule has 4 aliphatic carbocycles. The number of rotatable bonds is 8. The Bertz CT molecular complexity index is 3920. The zero-order chi connectivity index (χ0) is 65.7. The lowest BCUT2D eigenvalue weighted by molar-refractivity contribution is -0.142. The summed E-state index contributed by atoms with van der Waals surface area (Å²) in [5.74, 6) is 11.2. The summed E-state index contributed by atoms with van der Waals surface area (Å²) in [7, 11) is 3.43. The van der Waals surface area contributed by atoms with E-state index in [0.717, 1.165) is 56.8 Å². The van der Waals surface area contributed by atoms with Gasteiger partial charge in [0.25, 0.3) is 0 Å². The van der Waals surface area contributed by atoms with Crippen molar-refractivity contribution in [1.29, 1.82) is 0 Å². The van der Waals surface area contributed by atoms with Crippen LogP contribution in [0.25, 0.3) is 10.8 Å². The Balaban J connectivity index is 1.10. The molecule has 2 fully saturated rings. The summed E-state index contributed by atoms with van der Waals surface area (Å²) in [4.78, 5) is 34.0. The zero-order valence-corrected chi connectivity index (χ0v) is 54.6. The van der Waals surface area contributed by atoms with Gasteiger partial charge in [-0.1, -0.05) is 105 Å². The third-order valence-corrected chi connectivity index (χ3v) is 21.8. The molecule has 94 heavy (non-hydrogen) atoms. The smallest absolute Gasteiger partial charge is 0.173 e. The number of aryl methyl sites for hydroxylation is 1. The average Bonchev–Trinajstić information content (AvgIpc) is 1.16. The molecule has 0 saturated heterocycles. The molecule has 3 heterocycles. The number of aromatic amines is 1. The summed E-state index contributed by atoms with van der Waals surface area (Å²) in [6.45, 7) is 5.98. The van der Waals surface area contributed by atoms with Gasteiger partial charge in [-0.25, -0.2) is 0 Å². The lowest BCUT2D eigenvalue weighted by Crippen LogP contribution is -2.40. The maximum Gasteiger partial charge on any atom is 0.173 e. The van der Waals surface area contributed by atoms with Gasteiger partial charge >= 0.3 is 0 Å². The van der Waals surface area contributed by atoms with E-state index in [0.29, 0.717) is 93.2 Å². The number of aromatic nitrogens is 1. The Morgan fingerprint density at radius 1 is 0.766 bits per heavy atom. The number of H-pyrrole nitrogens is 1. The van der Waals surface area contributed by atoms with Crippen LogP contribution in [0.3, 0.4) is 0 Å². The van der Waals surface area contributed by atoms with Gasteiger partial charge in [-0.3, -0.25) is 9.59 Å². The second-order valence-electron chi connectivity index (χ2n) is 27.9. The molecule has 1 aromatic heterocycles. The van der Waals surface area contributed by atoms with Gasteiger partial charge in [0.1, 0.15) is 17.3 Å². The molecule has 0 radical (unpaired) electrons. The van der Waals surface area contributed by atoms with Crippen molar-refractivity contribution < 1.29 is 50.1 Å². The van der Waals surface area contributed by atoms with Crippen LogP contribution in [-0.2, 0) is 35.3 Å². The fraction of sp³-hybridized carbons (Fsp3) is 0.468. The van der Waals surface area contributed by atoms with Crippen LogP contribution in [0.4, 0.5) is 5.69 Å². The molecule has 494 valence electrons. The highest BCUT2D eigenvalue weighted by molar-refractivity contribution is 6.06. The van der Waals surface area contributed by atoms with E-state index in [9.17, 15) is 40.5 Å². The van der Waals surface area contributed by atoms with E-state index in [1.807, 2.05) is 73.9 Å². The van der Waals surface area contributed by atoms with Crippen molar-refractivity contribution in [3.8, 4) is 46.7 Å². The molecule has 16 atom stereocenters. The Hall–Kier alpha value is -7.86. The number of anilines is 1. The number of ketones is 2. The lowest BCUT2D eigenvalue weighted by atomic mass is 9.63. The summed E-state index contributed by atoms with van der Waals surface area (Å²) in [6.07, 6.45) is 7.79. The summed E-state index contributed by atoms with van der Waals surface area (Å²) < 4.78 is 5.72. The number of methoxy groups -OCH3 is 1. The molecule has 12 rings (SSSR count). The van der Waals surface area contributed by atoms with Gasteiger partial charge in [0.15, 0.2) is 29.2 Å². The number of nitrogens with one attached hydrogen (secondary N) is 5. The molecule has 6 aliphatic rings. The van der Waals surface area contributed by atoms with Crippen molar-refractivity contribution >= 4 is 28.0 Å². The Morgan fingerprint density at radius 3 is 2.38 bits per heavy atom. The predicted octanol–water partition coefficient (Wildman–Crippen LogP) is 10.1. The molecular weight excluding hydrogens is 1180 g/mol. The minimum absolute atomic E-state index is 0.0459. The molecule has 16 unspecified atom stereocenters. The van der Waals surface area contributed by atoms with Gasteiger partial charge in [-0.05, 0) is 198 Å². The molecule has 13 bridgehead atoms. The first-order chi connectivity index (χ1) is 45.6. The van der Waals surface area contributed by atoms with Crippen LogP contribution in [0.1, 0.15) is 128 Å². The summed E-state index contributed by atoms with van der Waals surface area (Å²) >= 11 is 0. The lowest BCUT2D eigenvalue weighted by Gasteiger charge is -2.41. The number of aliphatic hydroxyl groups excluding tert-OH is 4. The van der Waals surface area contributed by atoms with Crippen LogP contribution in [0.15, 0.2) is 127 Å². The average molecular weight is 1270 g/mol. The number of phenolic OH excluding ortho intramolecular Hbond substituents is 3. The minimum Gasteiger partial charge on any atom is -0.508 e. The van der Waals surface area contributed by atoms with E-state index < -0.39 is 47.6 Å². The summed E-state index contributed by atoms with van der Waals surface area (Å²) in [5.41, 5.74) is 8.59. The molecule has 0 spiro atoms. The number of aliphatic hydroxyl groups is 4. The highest BCUT2D eigenvalue weighted by Crippen LogP contribution is 2.51. The van der Waals surface area contributed by atoms with Crippen LogP contribution in [0.2, 0.25) is 0 Å². The number of hydrogen-bond donors (Lipinski definition) is 12. The van der Waals surface area contributed by atoms with Gasteiger partial charge < -0.3 is 66.7 Å². The highest BCUT2D eigenvalue weighted by Gasteiger charge is 2.47. The SMILES string of the molecule is CCCC1C(O)Cc2cc(c[nH]2)C(C)CNCC(O)Cc2ccc3ccc(cc3c2O)NC2=CC(=CCN2)C2C(CNC)C#CC3CC(CC(CO)C3Cc3cccc(O)c3)c3ccccc3C3C#CC4CC2CC1CC4C(=O)C(O)C(=O)CCc1cc(OC)c(O)cc13. The molecule has 2 saturated carbocycles. The van der Waals surface area contributed by atoms with Crippen molar-refractivity contribution in [2.24, 2.45) is 59.2 Å². The van der Waals surface area contributed by atoms with Crippen molar-refractivity contribution in [3.63, 3.8) is 0 Å². The van der Waals surface area contributed by atoms with E-state index >= 15 is 4.79 Å². The molecule has 12 N–H and O–H groups in total. The standard InChI is InChI=1S/C79H93N5O10/c1-5-9-64-55-30-56-29-49-19-22-66(68-39-73(90)74(94-4)35-50(68)20-23-71(88)79(93)78(92)69(49)34-55)65-13-7-6-12-63(65)54-28-48(67(58(31-54)44-85)27-46-10-8-11-61(86)26-46)15-17-53(41-80-3)76(56)51-24-25-82-75(36-51)84-59-21-18-47-14-16-52(77(91)70(47)37-59)33-62(87)43-81-40-45(2)57-32-60(83-42-57)38-72(64)89/h6-8,10-14,16,18,21,24,26,32,35-37,39,42,45,48-49,53-56,58,62,64,66-67,69,72,76,79-87,89-91,93H,5,9,20,23,25,27-31,33-34,38,40-41,43-44H2,1-4H3. The van der Waals surface area contributed by atoms with Gasteiger partial charge in [0.2, 0.25) is 0 Å². The van der Waals surface area contributed by atoms with Crippen LogP contribution in [-0.4, -0.2) is 118 Å². The normalized spacial score (nSPS) is 29.9. The van der Waals surface area contributed by atoms with Gasteiger partial charge in [-0.2, -0.15) is 0 Å². The van der Waals surface area contributed by atoms with Crippen molar-refractivity contribution in [3.05, 3.63) is 171 Å². The van der Waals surface area contributed by atoms with E-state index in [-0.39, 0.29) is 114 Å². The first-order valence-corrected chi connectivity index (χ1v) is 34.3. The number of dihydropyridines is 1. The third-order valence-electron chi connectivity index (χ3n) is 21.8. The van der Waals surface area contributed by atoms with Crippen LogP contribution in [0.5, 0.6) is 23.0 Å². The third kappa shape index (κ3) is 14.4. The first-order valence-electron chi connectivity index (χ1n) is 34.3. The molecule has 6 aromatic rings. The molecule has 15 heteroatoms. The number of ether oxygens (including phenoxy) is 1. The molecule has 2 aliphatic heterocycles. The van der Waals surface area contributed by atoms with E-state index in [1.165, 1.54) is 7.11 Å². The Kier molecular flexibility index (Phi) is 20.7. The van der Waals surface area contributed by atoms with Crippen molar-refractivity contribution in [2.75, 3.05) is 52.3 Å². The van der Waals surface area contributed by atoms with Gasteiger partial charge in [0.05, 0.1) is 25.2 Å². The van der Waals surface area contributed by atoms with Crippen molar-refractivity contribution in [1.82, 2.24) is 20.9 Å². The number of aromatic hydroxyl groups is 3. The van der Waals surface area contributed by atoms with Crippen LogP contribution < -0.4 is 26.0 Å². The number of carbonyl (C=O) groups is 2. The minimum atomic E-state index is -1.93. The number of carbonyl (C=O) groups excluding carboxylic acids is 2. The fourth-order valence-corrected chi connectivity index (χ4v) is 17.1. The van der Waals surface area contributed by atoms with Gasteiger partial charge in [0, 0.05) is 105 Å². The molecule has 15 nitrogen and oxygen atoms in total. The number of hydrogen-bond acceptors (Lipinski definition) is 14. The van der Waals surface area contributed by atoms with Crippen LogP contribution in [0, 0.1) is 82.9 Å². The zero-order valence-electron chi connectivity index (χ0n) is 54.6. The largest absolute Gasteiger partial charge is 0.508 e. The number of allylic oxidation sites excluding steroid dienone is 2. The quantitative estimate of drug-likeness (QED) is 0.0501. The fourth-order valence-electron chi connectivity index (χ4n) is 17.1.